The van der Waals surface area contributed by atoms with E-state index in [0.29, 0.717) is 10.8 Å². The Morgan fingerprint density at radius 3 is 2.67 bits per heavy atom. The maximum atomic E-state index is 11.0. The molecule has 4 heteroatoms. The molecule has 0 unspecified atom stereocenters. The number of halogens is 1. The summed E-state index contributed by atoms with van der Waals surface area (Å²) in [6.45, 7) is 2.93. The quantitative estimate of drug-likeness (QED) is 0.768. The Morgan fingerprint density at radius 2 is 2.06 bits per heavy atom. The summed E-state index contributed by atoms with van der Waals surface area (Å²) in [7, 11) is 0. The Labute approximate surface area is 111 Å². The zero-order valence-corrected chi connectivity index (χ0v) is 11.0. The third-order valence-corrected chi connectivity index (χ3v) is 3.12. The fourth-order valence-electron chi connectivity index (χ4n) is 1.89. The number of unbranched alkanes of at least 4 members (excludes halogenated alkanes) is 1. The first-order valence-corrected chi connectivity index (χ1v) is 6.40. The standard InChI is InChI=1S/C14H15ClN2O/c1-2-3-8-17-13(9-16-14(17)10-18)11-4-6-12(15)7-5-11/h4-7,9-10H,2-3,8H2,1H3. The highest BCUT2D eigenvalue weighted by Crippen LogP contribution is 2.23. The molecule has 0 fully saturated rings. The van der Waals surface area contributed by atoms with Crippen LogP contribution in [-0.4, -0.2) is 15.8 Å². The Morgan fingerprint density at radius 1 is 1.33 bits per heavy atom. The third-order valence-electron chi connectivity index (χ3n) is 2.87. The predicted molar refractivity (Wildman–Crippen MR) is 73.0 cm³/mol. The molecular weight excluding hydrogens is 248 g/mol. The van der Waals surface area contributed by atoms with Crippen molar-refractivity contribution in [2.24, 2.45) is 0 Å². The van der Waals surface area contributed by atoms with Crippen molar-refractivity contribution in [3.05, 3.63) is 41.3 Å². The maximum absolute atomic E-state index is 11.0. The monoisotopic (exact) mass is 262 g/mol. The predicted octanol–water partition coefficient (Wildman–Crippen LogP) is 3.82. The van der Waals surface area contributed by atoms with E-state index in [1.807, 2.05) is 28.8 Å². The van der Waals surface area contributed by atoms with Crippen molar-refractivity contribution in [2.45, 2.75) is 26.3 Å². The van der Waals surface area contributed by atoms with Crippen LogP contribution in [0.1, 0.15) is 30.4 Å². The Bertz CT molecular complexity index is 531. The second-order valence-corrected chi connectivity index (χ2v) is 4.57. The summed E-state index contributed by atoms with van der Waals surface area (Å²) in [4.78, 5) is 15.1. The number of nitrogens with zero attached hydrogens (tertiary/aromatic N) is 2. The van der Waals surface area contributed by atoms with E-state index < -0.39 is 0 Å². The Balaban J connectivity index is 2.40. The van der Waals surface area contributed by atoms with Crippen molar-refractivity contribution in [2.75, 3.05) is 0 Å². The molecule has 0 spiro atoms. The second kappa shape index (κ2) is 5.83. The van der Waals surface area contributed by atoms with Gasteiger partial charge >= 0.3 is 0 Å². The average molecular weight is 263 g/mol. The summed E-state index contributed by atoms with van der Waals surface area (Å²) in [5.74, 6) is 0.480. The van der Waals surface area contributed by atoms with Gasteiger partial charge in [0, 0.05) is 11.6 Å². The minimum absolute atomic E-state index is 0.480. The molecule has 0 aliphatic heterocycles. The number of imidazole rings is 1. The molecule has 1 aromatic heterocycles. The lowest BCUT2D eigenvalue weighted by molar-refractivity contribution is 0.111. The smallest absolute Gasteiger partial charge is 0.185 e. The molecular formula is C14H15ClN2O. The number of carbonyl (C=O) groups is 1. The highest BCUT2D eigenvalue weighted by atomic mass is 35.5. The number of hydrogen-bond donors (Lipinski definition) is 0. The van der Waals surface area contributed by atoms with Crippen molar-refractivity contribution < 1.29 is 4.79 Å². The minimum Gasteiger partial charge on any atom is -0.322 e. The first kappa shape index (κ1) is 12.8. The van der Waals surface area contributed by atoms with Crippen LogP contribution in [0.3, 0.4) is 0 Å². The van der Waals surface area contributed by atoms with E-state index in [4.69, 9.17) is 11.6 Å². The number of aromatic nitrogens is 2. The van der Waals surface area contributed by atoms with Crippen LogP contribution in [-0.2, 0) is 6.54 Å². The van der Waals surface area contributed by atoms with Gasteiger partial charge in [0.25, 0.3) is 0 Å². The first-order valence-electron chi connectivity index (χ1n) is 6.03. The molecule has 0 N–H and O–H groups in total. The van der Waals surface area contributed by atoms with Crippen LogP contribution in [0.25, 0.3) is 11.3 Å². The number of rotatable bonds is 5. The lowest BCUT2D eigenvalue weighted by Crippen LogP contribution is -2.04. The van der Waals surface area contributed by atoms with Gasteiger partial charge in [-0.05, 0) is 24.1 Å². The molecule has 0 saturated carbocycles. The van der Waals surface area contributed by atoms with Gasteiger partial charge in [-0.15, -0.1) is 0 Å². The molecule has 2 rings (SSSR count). The number of aldehydes is 1. The fourth-order valence-corrected chi connectivity index (χ4v) is 2.01. The van der Waals surface area contributed by atoms with E-state index in [1.54, 1.807) is 6.20 Å². The van der Waals surface area contributed by atoms with Gasteiger partial charge < -0.3 is 4.57 Å². The molecule has 0 atom stereocenters. The van der Waals surface area contributed by atoms with Gasteiger partial charge in [0.05, 0.1) is 11.9 Å². The molecule has 0 aliphatic rings. The summed E-state index contributed by atoms with van der Waals surface area (Å²) in [6, 6.07) is 7.57. The zero-order valence-electron chi connectivity index (χ0n) is 10.3. The van der Waals surface area contributed by atoms with Crippen molar-refractivity contribution >= 4 is 17.9 Å². The average Bonchev–Trinajstić information content (AvgIpc) is 2.80. The summed E-state index contributed by atoms with van der Waals surface area (Å²) in [6.07, 6.45) is 4.64. The van der Waals surface area contributed by atoms with Gasteiger partial charge in [-0.2, -0.15) is 0 Å². The largest absolute Gasteiger partial charge is 0.322 e. The second-order valence-electron chi connectivity index (χ2n) is 4.13. The summed E-state index contributed by atoms with van der Waals surface area (Å²) in [5.41, 5.74) is 1.98. The molecule has 3 nitrogen and oxygen atoms in total. The van der Waals surface area contributed by atoms with Gasteiger partial charge in [0.1, 0.15) is 0 Å². The number of carbonyl (C=O) groups excluding carboxylic acids is 1. The van der Waals surface area contributed by atoms with Crippen LogP contribution < -0.4 is 0 Å². The van der Waals surface area contributed by atoms with Crippen LogP contribution in [0.4, 0.5) is 0 Å². The molecule has 94 valence electrons. The van der Waals surface area contributed by atoms with Crippen LogP contribution in [0.5, 0.6) is 0 Å². The van der Waals surface area contributed by atoms with Gasteiger partial charge in [-0.1, -0.05) is 37.1 Å². The summed E-state index contributed by atoms with van der Waals surface area (Å²) < 4.78 is 1.96. The highest BCUT2D eigenvalue weighted by molar-refractivity contribution is 6.30. The van der Waals surface area contributed by atoms with Gasteiger partial charge in [0.15, 0.2) is 12.1 Å². The van der Waals surface area contributed by atoms with Crippen molar-refractivity contribution in [3.8, 4) is 11.3 Å². The maximum Gasteiger partial charge on any atom is 0.185 e. The molecule has 0 amide bonds. The van der Waals surface area contributed by atoms with Crippen LogP contribution in [0.2, 0.25) is 5.02 Å². The van der Waals surface area contributed by atoms with Crippen molar-refractivity contribution in [1.29, 1.82) is 0 Å². The molecule has 0 bridgehead atoms. The molecule has 1 heterocycles. The van der Waals surface area contributed by atoms with Crippen molar-refractivity contribution in [3.63, 3.8) is 0 Å². The lowest BCUT2D eigenvalue weighted by Gasteiger charge is -2.09. The van der Waals surface area contributed by atoms with E-state index >= 15 is 0 Å². The topological polar surface area (TPSA) is 34.9 Å². The third kappa shape index (κ3) is 2.62. The molecule has 2 aromatic rings. The SMILES string of the molecule is CCCCn1c(-c2ccc(Cl)cc2)cnc1C=O. The van der Waals surface area contributed by atoms with Gasteiger partial charge in [0.2, 0.25) is 0 Å². The number of hydrogen-bond acceptors (Lipinski definition) is 2. The summed E-state index contributed by atoms with van der Waals surface area (Å²) >= 11 is 5.88. The van der Waals surface area contributed by atoms with E-state index in [9.17, 15) is 4.79 Å². The van der Waals surface area contributed by atoms with Crippen molar-refractivity contribution in [1.82, 2.24) is 9.55 Å². The van der Waals surface area contributed by atoms with Crippen LogP contribution in [0, 0.1) is 0 Å². The first-order chi connectivity index (χ1) is 8.76. The van der Waals surface area contributed by atoms with E-state index in [-0.39, 0.29) is 0 Å². The Kier molecular flexibility index (Phi) is 4.15. The highest BCUT2D eigenvalue weighted by Gasteiger charge is 2.10. The fraction of sp³-hybridized carbons (Fsp3) is 0.286. The molecule has 0 saturated heterocycles. The number of benzene rings is 1. The zero-order chi connectivity index (χ0) is 13.0. The van der Waals surface area contributed by atoms with Gasteiger partial charge in [-0.25, -0.2) is 4.98 Å². The Hall–Kier alpha value is -1.61. The van der Waals surface area contributed by atoms with Crippen LogP contribution in [0.15, 0.2) is 30.5 Å². The van der Waals surface area contributed by atoms with E-state index in [0.717, 1.165) is 36.9 Å². The molecule has 1 aromatic carbocycles. The van der Waals surface area contributed by atoms with Gasteiger partial charge in [-0.3, -0.25) is 4.79 Å². The van der Waals surface area contributed by atoms with Crippen LogP contribution >= 0.6 is 11.6 Å². The lowest BCUT2D eigenvalue weighted by atomic mass is 10.1. The molecule has 0 aliphatic carbocycles. The summed E-state index contributed by atoms with van der Waals surface area (Å²) in [5, 5.41) is 0.703. The molecule has 18 heavy (non-hydrogen) atoms. The normalized spacial score (nSPS) is 10.6. The van der Waals surface area contributed by atoms with E-state index in [2.05, 4.69) is 11.9 Å². The minimum atomic E-state index is 0.480. The van der Waals surface area contributed by atoms with E-state index in [1.165, 1.54) is 0 Å². The molecule has 0 radical (unpaired) electrons.